The standard InChI is InChI=1S/C31H33N5O2S/c1-20-11-13-23(14-12-20)33-28(37)15-17-35-30(29(34-31(35)39)27-10-5-6-16-32-27)26-18-21(2)36(22(26)3)24-8-7-9-25(19-24)38-4/h5-14,16,18-19,29-30H,15,17H2,1-4H3,(H,33,37)(H,34,39). The van der Waals surface area contributed by atoms with Gasteiger partial charge in [0.15, 0.2) is 5.11 Å². The van der Waals surface area contributed by atoms with Gasteiger partial charge in [-0.2, -0.15) is 0 Å². The van der Waals surface area contributed by atoms with Gasteiger partial charge in [-0.05, 0) is 81.0 Å². The summed E-state index contributed by atoms with van der Waals surface area (Å²) in [6, 6.07) is 23.7. The van der Waals surface area contributed by atoms with E-state index in [4.69, 9.17) is 17.0 Å². The van der Waals surface area contributed by atoms with E-state index in [0.29, 0.717) is 18.1 Å². The maximum atomic E-state index is 12.9. The molecule has 2 N–H and O–H groups in total. The molecule has 0 spiro atoms. The Morgan fingerprint density at radius 3 is 2.56 bits per heavy atom. The van der Waals surface area contributed by atoms with E-state index in [0.717, 1.165) is 45.3 Å². The predicted octanol–water partition coefficient (Wildman–Crippen LogP) is 5.81. The Morgan fingerprint density at radius 2 is 1.85 bits per heavy atom. The molecule has 5 rings (SSSR count). The van der Waals surface area contributed by atoms with Crippen LogP contribution in [-0.4, -0.2) is 39.1 Å². The molecule has 1 amide bonds. The lowest BCUT2D eigenvalue weighted by atomic mass is 9.96. The molecule has 2 atom stereocenters. The number of pyridine rings is 1. The number of methoxy groups -OCH3 is 1. The second-order valence-electron chi connectivity index (χ2n) is 9.85. The van der Waals surface area contributed by atoms with Crippen molar-refractivity contribution in [1.29, 1.82) is 0 Å². The SMILES string of the molecule is COc1cccc(-n2c(C)cc(C3C(c4ccccn4)NC(=S)N3CCC(=O)Nc3ccc(C)cc3)c2C)c1. The average Bonchev–Trinajstić information content (AvgIpc) is 3.43. The number of aryl methyl sites for hydroxylation is 2. The van der Waals surface area contributed by atoms with Gasteiger partial charge in [-0.1, -0.05) is 29.8 Å². The molecular formula is C31H33N5O2S. The van der Waals surface area contributed by atoms with Crippen molar-refractivity contribution >= 4 is 28.9 Å². The molecule has 8 heteroatoms. The fourth-order valence-electron chi connectivity index (χ4n) is 5.30. The number of thiocarbonyl (C=S) groups is 1. The number of rotatable bonds is 8. The van der Waals surface area contributed by atoms with E-state index in [-0.39, 0.29) is 18.0 Å². The predicted molar refractivity (Wildman–Crippen MR) is 158 cm³/mol. The van der Waals surface area contributed by atoms with Gasteiger partial charge < -0.3 is 24.8 Å². The zero-order valence-corrected chi connectivity index (χ0v) is 23.5. The summed E-state index contributed by atoms with van der Waals surface area (Å²) < 4.78 is 7.71. The number of hydrogen-bond acceptors (Lipinski definition) is 4. The fourth-order valence-corrected chi connectivity index (χ4v) is 5.63. The summed E-state index contributed by atoms with van der Waals surface area (Å²) in [5.74, 6) is 0.751. The minimum Gasteiger partial charge on any atom is -0.497 e. The third-order valence-corrected chi connectivity index (χ3v) is 7.57. The van der Waals surface area contributed by atoms with Crippen LogP contribution in [0, 0.1) is 20.8 Å². The summed E-state index contributed by atoms with van der Waals surface area (Å²) in [6.45, 7) is 6.73. The van der Waals surface area contributed by atoms with E-state index in [1.165, 1.54) is 0 Å². The van der Waals surface area contributed by atoms with E-state index < -0.39 is 0 Å². The van der Waals surface area contributed by atoms with Gasteiger partial charge in [-0.3, -0.25) is 9.78 Å². The molecular weight excluding hydrogens is 506 g/mol. The molecule has 1 fully saturated rings. The Kier molecular flexibility index (Phi) is 7.65. The zero-order chi connectivity index (χ0) is 27.5. The van der Waals surface area contributed by atoms with Crippen molar-refractivity contribution in [3.63, 3.8) is 0 Å². The summed E-state index contributed by atoms with van der Waals surface area (Å²) in [5.41, 5.74) is 7.22. The molecule has 3 heterocycles. The summed E-state index contributed by atoms with van der Waals surface area (Å²) >= 11 is 5.83. The van der Waals surface area contributed by atoms with Crippen LogP contribution >= 0.6 is 12.2 Å². The van der Waals surface area contributed by atoms with E-state index >= 15 is 0 Å². The Balaban J connectivity index is 1.47. The van der Waals surface area contributed by atoms with E-state index in [1.807, 2.05) is 67.6 Å². The van der Waals surface area contributed by atoms with Crippen molar-refractivity contribution in [3.8, 4) is 11.4 Å². The van der Waals surface area contributed by atoms with Gasteiger partial charge >= 0.3 is 0 Å². The summed E-state index contributed by atoms with van der Waals surface area (Å²) in [4.78, 5) is 19.7. The normalized spacial score (nSPS) is 16.7. The number of benzene rings is 2. The molecule has 200 valence electrons. The lowest BCUT2D eigenvalue weighted by Gasteiger charge is -2.28. The average molecular weight is 540 g/mol. The molecule has 0 radical (unpaired) electrons. The van der Waals surface area contributed by atoms with Crippen LogP contribution in [0.2, 0.25) is 0 Å². The molecule has 0 aliphatic carbocycles. The number of hydrogen-bond donors (Lipinski definition) is 2. The monoisotopic (exact) mass is 539 g/mol. The van der Waals surface area contributed by atoms with Crippen LogP contribution in [0.3, 0.4) is 0 Å². The van der Waals surface area contributed by atoms with Crippen LogP contribution in [-0.2, 0) is 4.79 Å². The molecule has 7 nitrogen and oxygen atoms in total. The van der Waals surface area contributed by atoms with Crippen LogP contribution in [0.25, 0.3) is 5.69 Å². The van der Waals surface area contributed by atoms with Crippen LogP contribution in [0.1, 0.15) is 46.7 Å². The molecule has 39 heavy (non-hydrogen) atoms. The number of ether oxygens (including phenoxy) is 1. The molecule has 2 aromatic heterocycles. The minimum absolute atomic E-state index is 0.0523. The first kappa shape index (κ1) is 26.4. The lowest BCUT2D eigenvalue weighted by Crippen LogP contribution is -2.32. The van der Waals surface area contributed by atoms with Crippen molar-refractivity contribution < 1.29 is 9.53 Å². The number of carbonyl (C=O) groups excluding carboxylic acids is 1. The topological polar surface area (TPSA) is 71.4 Å². The van der Waals surface area contributed by atoms with Gasteiger partial charge in [0, 0.05) is 48.0 Å². The highest BCUT2D eigenvalue weighted by Crippen LogP contribution is 2.41. The maximum Gasteiger partial charge on any atom is 0.226 e. The molecule has 4 aromatic rings. The van der Waals surface area contributed by atoms with Gasteiger partial charge in [0.2, 0.25) is 5.91 Å². The zero-order valence-electron chi connectivity index (χ0n) is 22.6. The van der Waals surface area contributed by atoms with Crippen LogP contribution < -0.4 is 15.4 Å². The van der Waals surface area contributed by atoms with E-state index in [2.05, 4.69) is 51.1 Å². The maximum absolute atomic E-state index is 12.9. The Labute approximate surface area is 234 Å². The summed E-state index contributed by atoms with van der Waals surface area (Å²) in [5, 5.41) is 7.12. The van der Waals surface area contributed by atoms with Crippen molar-refractivity contribution in [2.24, 2.45) is 0 Å². The fraction of sp³-hybridized carbons (Fsp3) is 0.258. The molecule has 0 saturated carbocycles. The molecule has 1 saturated heterocycles. The van der Waals surface area contributed by atoms with Crippen molar-refractivity contribution in [2.75, 3.05) is 19.0 Å². The molecule has 2 unspecified atom stereocenters. The van der Waals surface area contributed by atoms with Gasteiger partial charge in [0.25, 0.3) is 0 Å². The first-order chi connectivity index (χ1) is 18.9. The Bertz CT molecular complexity index is 1480. The van der Waals surface area contributed by atoms with E-state index in [9.17, 15) is 4.79 Å². The summed E-state index contributed by atoms with van der Waals surface area (Å²) in [6.07, 6.45) is 2.10. The quantitative estimate of drug-likeness (QED) is 0.276. The number of nitrogens with one attached hydrogen (secondary N) is 2. The van der Waals surface area contributed by atoms with Gasteiger partial charge in [-0.15, -0.1) is 0 Å². The molecule has 1 aliphatic rings. The van der Waals surface area contributed by atoms with Gasteiger partial charge in [0.1, 0.15) is 5.75 Å². The van der Waals surface area contributed by atoms with Crippen molar-refractivity contribution in [1.82, 2.24) is 19.8 Å². The van der Waals surface area contributed by atoms with Crippen LogP contribution in [0.5, 0.6) is 5.75 Å². The highest BCUT2D eigenvalue weighted by Gasteiger charge is 2.41. The second kappa shape index (κ2) is 11.3. The Morgan fingerprint density at radius 1 is 1.05 bits per heavy atom. The van der Waals surface area contributed by atoms with Gasteiger partial charge in [0.05, 0.1) is 24.9 Å². The highest BCUT2D eigenvalue weighted by molar-refractivity contribution is 7.80. The van der Waals surface area contributed by atoms with Gasteiger partial charge in [-0.25, -0.2) is 0 Å². The number of amides is 1. The van der Waals surface area contributed by atoms with Crippen molar-refractivity contribution in [2.45, 2.75) is 39.3 Å². The largest absolute Gasteiger partial charge is 0.497 e. The molecule has 1 aliphatic heterocycles. The lowest BCUT2D eigenvalue weighted by molar-refractivity contribution is -0.116. The first-order valence-electron chi connectivity index (χ1n) is 13.0. The van der Waals surface area contributed by atoms with E-state index in [1.54, 1.807) is 13.3 Å². The number of nitrogens with zero attached hydrogens (tertiary/aromatic N) is 3. The second-order valence-corrected chi connectivity index (χ2v) is 10.2. The number of aromatic nitrogens is 2. The summed E-state index contributed by atoms with van der Waals surface area (Å²) in [7, 11) is 1.68. The molecule has 0 bridgehead atoms. The van der Waals surface area contributed by atoms with Crippen LogP contribution in [0.4, 0.5) is 5.69 Å². The third-order valence-electron chi connectivity index (χ3n) is 7.21. The third kappa shape index (κ3) is 5.52. The smallest absolute Gasteiger partial charge is 0.226 e. The van der Waals surface area contributed by atoms with Crippen molar-refractivity contribution in [3.05, 3.63) is 107 Å². The molecule has 2 aromatic carbocycles. The highest BCUT2D eigenvalue weighted by atomic mass is 32.1. The van der Waals surface area contributed by atoms with Crippen LogP contribution in [0.15, 0.2) is 79.0 Å². The number of anilines is 1. The first-order valence-corrected chi connectivity index (χ1v) is 13.4. The number of carbonyl (C=O) groups is 1. The minimum atomic E-state index is -0.155. The Hall–Kier alpha value is -4.17.